The Bertz CT molecular complexity index is 362. The smallest absolute Gasteiger partial charge is 0.221 e. The van der Waals surface area contributed by atoms with Gasteiger partial charge in [0.05, 0.1) is 6.04 Å². The molecule has 92 valence electrons. The third-order valence-electron chi connectivity index (χ3n) is 2.69. The van der Waals surface area contributed by atoms with Gasteiger partial charge in [-0.05, 0) is 12.5 Å². The Morgan fingerprint density at radius 1 is 1.47 bits per heavy atom. The van der Waals surface area contributed by atoms with E-state index in [1.807, 2.05) is 37.3 Å². The van der Waals surface area contributed by atoms with Crippen molar-refractivity contribution in [1.29, 1.82) is 0 Å². The van der Waals surface area contributed by atoms with Gasteiger partial charge in [-0.25, -0.2) is 0 Å². The highest BCUT2D eigenvalue weighted by molar-refractivity contribution is 5.76. The van der Waals surface area contributed by atoms with Crippen LogP contribution in [0, 0.1) is 5.92 Å². The van der Waals surface area contributed by atoms with Crippen molar-refractivity contribution in [3.8, 4) is 0 Å². The third kappa shape index (κ3) is 4.41. The molecule has 2 atom stereocenters. The zero-order valence-corrected chi connectivity index (χ0v) is 10.1. The van der Waals surface area contributed by atoms with Crippen LogP contribution in [-0.2, 0) is 4.79 Å². The monoisotopic (exact) mass is 233 g/mol. The number of amides is 1. The van der Waals surface area contributed by atoms with E-state index < -0.39 is 0 Å². The van der Waals surface area contributed by atoms with Crippen molar-refractivity contribution in [3.63, 3.8) is 0 Å². The highest BCUT2D eigenvalue weighted by Gasteiger charge is 2.12. The fourth-order valence-corrected chi connectivity index (χ4v) is 1.59. The van der Waals surface area contributed by atoms with Gasteiger partial charge in [0.15, 0.2) is 0 Å². The van der Waals surface area contributed by atoms with Crippen LogP contribution in [0.5, 0.6) is 0 Å². The predicted octanol–water partition coefficient (Wildman–Crippen LogP) is 2.05. The Labute approximate surface area is 102 Å². The summed E-state index contributed by atoms with van der Waals surface area (Å²) >= 11 is 0. The Morgan fingerprint density at radius 3 is 2.65 bits per heavy atom. The first-order chi connectivity index (χ1) is 8.17. The maximum absolute atomic E-state index is 11.7. The van der Waals surface area contributed by atoms with Crippen molar-refractivity contribution in [3.05, 3.63) is 48.6 Å². The number of benzene rings is 1. The summed E-state index contributed by atoms with van der Waals surface area (Å²) in [6.07, 6.45) is 1.88. The minimum atomic E-state index is -0.169. The number of aliphatic hydroxyl groups is 1. The molecule has 3 nitrogen and oxygen atoms in total. The average Bonchev–Trinajstić information content (AvgIpc) is 2.37. The van der Waals surface area contributed by atoms with Gasteiger partial charge in [0.2, 0.25) is 5.91 Å². The van der Waals surface area contributed by atoms with E-state index in [2.05, 4.69) is 11.9 Å². The lowest BCUT2D eigenvalue weighted by Gasteiger charge is -2.16. The normalized spacial score (nSPS) is 13.8. The number of nitrogens with one attached hydrogen (secondary N) is 1. The lowest BCUT2D eigenvalue weighted by molar-refractivity contribution is -0.122. The van der Waals surface area contributed by atoms with Gasteiger partial charge < -0.3 is 10.4 Å². The van der Waals surface area contributed by atoms with E-state index in [1.54, 1.807) is 6.08 Å². The Morgan fingerprint density at radius 2 is 2.12 bits per heavy atom. The molecule has 1 rings (SSSR count). The van der Waals surface area contributed by atoms with Gasteiger partial charge in [0.25, 0.3) is 0 Å². The summed E-state index contributed by atoms with van der Waals surface area (Å²) in [5, 5.41) is 11.9. The summed E-state index contributed by atoms with van der Waals surface area (Å²) in [7, 11) is 0. The number of aliphatic hydroxyl groups excluding tert-OH is 1. The highest BCUT2D eigenvalue weighted by Crippen LogP contribution is 2.12. The summed E-state index contributed by atoms with van der Waals surface area (Å²) < 4.78 is 0. The number of rotatable bonds is 6. The first kappa shape index (κ1) is 13.5. The molecule has 3 heteroatoms. The van der Waals surface area contributed by atoms with Gasteiger partial charge in [-0.1, -0.05) is 36.4 Å². The third-order valence-corrected chi connectivity index (χ3v) is 2.69. The molecule has 2 N–H and O–H groups in total. The van der Waals surface area contributed by atoms with Crippen molar-refractivity contribution in [2.75, 3.05) is 6.61 Å². The molecule has 0 fully saturated rings. The second-order valence-corrected chi connectivity index (χ2v) is 4.08. The summed E-state index contributed by atoms with van der Waals surface area (Å²) in [5.74, 6) is -0.238. The van der Waals surface area contributed by atoms with Crippen LogP contribution in [0.3, 0.4) is 0 Å². The lowest BCUT2D eigenvalue weighted by Crippen LogP contribution is -2.28. The predicted molar refractivity (Wildman–Crippen MR) is 68.4 cm³/mol. The van der Waals surface area contributed by atoms with Crippen LogP contribution in [0.4, 0.5) is 0 Å². The summed E-state index contributed by atoms with van der Waals surface area (Å²) in [6, 6.07) is 9.76. The van der Waals surface area contributed by atoms with Crippen molar-refractivity contribution < 1.29 is 9.90 Å². The number of carbonyl (C=O) groups excluding carboxylic acids is 1. The zero-order chi connectivity index (χ0) is 12.7. The molecule has 0 aliphatic carbocycles. The van der Waals surface area contributed by atoms with Gasteiger partial charge in [0, 0.05) is 18.9 Å². The molecule has 0 aromatic heterocycles. The van der Waals surface area contributed by atoms with Gasteiger partial charge in [-0.15, -0.1) is 6.58 Å². The molecule has 0 unspecified atom stereocenters. The maximum atomic E-state index is 11.7. The molecule has 17 heavy (non-hydrogen) atoms. The molecule has 0 saturated heterocycles. The second kappa shape index (κ2) is 6.86. The van der Waals surface area contributed by atoms with Crippen molar-refractivity contribution >= 4 is 5.91 Å². The van der Waals surface area contributed by atoms with Crippen LogP contribution in [0.25, 0.3) is 0 Å². The Balaban J connectivity index is 2.49. The quantitative estimate of drug-likeness (QED) is 0.739. The van der Waals surface area contributed by atoms with Crippen molar-refractivity contribution in [2.24, 2.45) is 5.92 Å². The molecule has 1 aromatic carbocycles. The highest BCUT2D eigenvalue weighted by atomic mass is 16.3. The Hall–Kier alpha value is -1.61. The standard InChI is InChI=1S/C14H19NO2/c1-3-12(10-16)9-14(17)15-11(2)13-7-5-4-6-8-13/h3-8,11-12,16H,1,9-10H2,2H3,(H,15,17)/t11-,12+/m0/s1. The van der Waals surface area contributed by atoms with E-state index in [-0.39, 0.29) is 30.9 Å². The van der Waals surface area contributed by atoms with Gasteiger partial charge in [0.1, 0.15) is 0 Å². The number of hydrogen-bond donors (Lipinski definition) is 2. The topological polar surface area (TPSA) is 49.3 Å². The fourth-order valence-electron chi connectivity index (χ4n) is 1.59. The number of hydrogen-bond acceptors (Lipinski definition) is 2. The van der Waals surface area contributed by atoms with E-state index in [4.69, 9.17) is 5.11 Å². The second-order valence-electron chi connectivity index (χ2n) is 4.08. The summed E-state index contributed by atoms with van der Waals surface area (Å²) in [6.45, 7) is 5.48. The molecular formula is C14H19NO2. The molecule has 0 radical (unpaired) electrons. The molecule has 0 aliphatic heterocycles. The van der Waals surface area contributed by atoms with E-state index in [0.29, 0.717) is 0 Å². The van der Waals surface area contributed by atoms with Crippen LogP contribution >= 0.6 is 0 Å². The molecule has 0 spiro atoms. The van der Waals surface area contributed by atoms with E-state index in [1.165, 1.54) is 0 Å². The maximum Gasteiger partial charge on any atom is 0.221 e. The van der Waals surface area contributed by atoms with E-state index >= 15 is 0 Å². The van der Waals surface area contributed by atoms with Crippen molar-refractivity contribution in [1.82, 2.24) is 5.32 Å². The molecular weight excluding hydrogens is 214 g/mol. The van der Waals surface area contributed by atoms with Gasteiger partial charge in [-0.2, -0.15) is 0 Å². The van der Waals surface area contributed by atoms with Crippen LogP contribution in [-0.4, -0.2) is 17.6 Å². The largest absolute Gasteiger partial charge is 0.396 e. The number of carbonyl (C=O) groups is 1. The minimum Gasteiger partial charge on any atom is -0.396 e. The van der Waals surface area contributed by atoms with Crippen LogP contribution in [0.1, 0.15) is 24.9 Å². The summed E-state index contributed by atoms with van der Waals surface area (Å²) in [4.78, 5) is 11.7. The van der Waals surface area contributed by atoms with E-state index in [0.717, 1.165) is 5.56 Å². The zero-order valence-electron chi connectivity index (χ0n) is 10.1. The molecule has 1 amide bonds. The van der Waals surface area contributed by atoms with Gasteiger partial charge >= 0.3 is 0 Å². The molecule has 1 aromatic rings. The van der Waals surface area contributed by atoms with Crippen LogP contribution in [0.2, 0.25) is 0 Å². The molecule has 0 heterocycles. The first-order valence-electron chi connectivity index (χ1n) is 5.75. The van der Waals surface area contributed by atoms with Gasteiger partial charge in [-0.3, -0.25) is 4.79 Å². The van der Waals surface area contributed by atoms with Crippen LogP contribution < -0.4 is 5.32 Å². The summed E-state index contributed by atoms with van der Waals surface area (Å²) in [5.41, 5.74) is 1.07. The van der Waals surface area contributed by atoms with Crippen molar-refractivity contribution in [2.45, 2.75) is 19.4 Å². The minimum absolute atomic E-state index is 0.0205. The fraction of sp³-hybridized carbons (Fsp3) is 0.357. The lowest BCUT2D eigenvalue weighted by atomic mass is 10.1. The molecule has 0 aliphatic rings. The molecule has 0 bridgehead atoms. The van der Waals surface area contributed by atoms with Crippen LogP contribution in [0.15, 0.2) is 43.0 Å². The average molecular weight is 233 g/mol. The van der Waals surface area contributed by atoms with E-state index in [9.17, 15) is 4.79 Å². The Kier molecular flexibility index (Phi) is 5.43. The first-order valence-corrected chi connectivity index (χ1v) is 5.75. The SMILES string of the molecule is C=C[C@@H](CO)CC(=O)N[C@@H](C)c1ccccc1. The molecule has 0 saturated carbocycles.